The van der Waals surface area contributed by atoms with Gasteiger partial charge >= 0.3 is 5.97 Å². The van der Waals surface area contributed by atoms with Crippen molar-refractivity contribution in [2.75, 3.05) is 6.79 Å². The van der Waals surface area contributed by atoms with Crippen molar-refractivity contribution in [3.05, 3.63) is 0 Å². The molecule has 0 heterocycles. The second-order valence-corrected chi connectivity index (χ2v) is 2.77. The van der Waals surface area contributed by atoms with Crippen LogP contribution in [0.4, 0.5) is 0 Å². The molecule has 0 bridgehead atoms. The first-order chi connectivity index (χ1) is 5.70. The van der Waals surface area contributed by atoms with Gasteiger partial charge < -0.3 is 9.47 Å². The smallest absolute Gasteiger partial charge is 0.307 e. The Morgan fingerprint density at radius 1 is 1.42 bits per heavy atom. The third-order valence-corrected chi connectivity index (χ3v) is 1.60. The van der Waals surface area contributed by atoms with Crippen LogP contribution in [0.2, 0.25) is 0 Å². The number of carbonyl (C=O) groups excluding carboxylic acids is 1. The Hall–Kier alpha value is -0.570. The summed E-state index contributed by atoms with van der Waals surface area (Å²) in [6.07, 6.45) is 2.40. The molecule has 0 saturated heterocycles. The maximum atomic E-state index is 10.8. The highest BCUT2D eigenvalue weighted by Gasteiger charge is 2.02. The molecule has 0 aliphatic heterocycles. The van der Waals surface area contributed by atoms with Gasteiger partial charge in [0.1, 0.15) is 0 Å². The lowest BCUT2D eigenvalue weighted by Gasteiger charge is -2.10. The fraction of sp³-hybridized carbons (Fsp3) is 0.889. The van der Waals surface area contributed by atoms with Crippen molar-refractivity contribution in [2.45, 2.75) is 46.1 Å². The maximum Gasteiger partial charge on any atom is 0.307 e. The van der Waals surface area contributed by atoms with Gasteiger partial charge in [-0.1, -0.05) is 13.8 Å². The molecule has 0 aromatic carbocycles. The van der Waals surface area contributed by atoms with E-state index in [1.54, 1.807) is 0 Å². The Kier molecular flexibility index (Phi) is 6.76. The largest absolute Gasteiger partial charge is 0.438 e. The monoisotopic (exact) mass is 174 g/mol. The molecule has 1 unspecified atom stereocenters. The molecule has 0 fully saturated rings. The molecule has 0 radical (unpaired) electrons. The summed E-state index contributed by atoms with van der Waals surface area (Å²) in [4.78, 5) is 10.8. The third kappa shape index (κ3) is 6.16. The minimum absolute atomic E-state index is 0.0911. The highest BCUT2D eigenvalue weighted by atomic mass is 16.7. The molecule has 1 atom stereocenters. The van der Waals surface area contributed by atoms with E-state index in [-0.39, 0.29) is 18.9 Å². The van der Waals surface area contributed by atoms with Gasteiger partial charge in [-0.25, -0.2) is 0 Å². The standard InChI is InChI=1S/C9H18O3/c1-4-6-9(10)12-7-11-8(3)5-2/h8H,4-7H2,1-3H3. The normalized spacial score (nSPS) is 12.6. The quantitative estimate of drug-likeness (QED) is 0.457. The second kappa shape index (κ2) is 7.10. The predicted molar refractivity (Wildman–Crippen MR) is 46.7 cm³/mol. The predicted octanol–water partition coefficient (Wildman–Crippen LogP) is 2.10. The molecular weight excluding hydrogens is 156 g/mol. The van der Waals surface area contributed by atoms with Crippen LogP contribution in [0.5, 0.6) is 0 Å². The molecule has 0 aliphatic rings. The Balaban J connectivity index is 3.24. The van der Waals surface area contributed by atoms with Crippen LogP contribution in [0.15, 0.2) is 0 Å². The molecule has 3 heteroatoms. The summed E-state index contributed by atoms with van der Waals surface area (Å²) in [5.74, 6) is -0.180. The molecule has 0 aromatic rings. The van der Waals surface area contributed by atoms with Crippen molar-refractivity contribution >= 4 is 5.97 Å². The van der Waals surface area contributed by atoms with Crippen LogP contribution in [0, 0.1) is 0 Å². The summed E-state index contributed by atoms with van der Waals surface area (Å²) < 4.78 is 9.96. The van der Waals surface area contributed by atoms with Crippen molar-refractivity contribution in [1.82, 2.24) is 0 Å². The van der Waals surface area contributed by atoms with Crippen LogP contribution in [0.3, 0.4) is 0 Å². The Bertz CT molecular complexity index is 123. The molecule has 0 saturated carbocycles. The Morgan fingerprint density at radius 2 is 2.08 bits per heavy atom. The number of carbonyl (C=O) groups is 1. The van der Waals surface area contributed by atoms with Crippen molar-refractivity contribution in [2.24, 2.45) is 0 Å². The average Bonchev–Trinajstić information content (AvgIpc) is 2.04. The van der Waals surface area contributed by atoms with Gasteiger partial charge in [0.05, 0.1) is 6.10 Å². The summed E-state index contributed by atoms with van der Waals surface area (Å²) in [6, 6.07) is 0. The number of hydrogen-bond donors (Lipinski definition) is 0. The fourth-order valence-electron chi connectivity index (χ4n) is 0.610. The van der Waals surface area contributed by atoms with Crippen molar-refractivity contribution in [3.63, 3.8) is 0 Å². The van der Waals surface area contributed by atoms with E-state index < -0.39 is 0 Å². The van der Waals surface area contributed by atoms with Gasteiger partial charge in [0.2, 0.25) is 0 Å². The van der Waals surface area contributed by atoms with E-state index in [1.165, 1.54) is 0 Å². The van der Waals surface area contributed by atoms with Crippen molar-refractivity contribution in [1.29, 1.82) is 0 Å². The van der Waals surface area contributed by atoms with Gasteiger partial charge in [-0.2, -0.15) is 0 Å². The van der Waals surface area contributed by atoms with E-state index in [1.807, 2.05) is 20.8 Å². The van der Waals surface area contributed by atoms with Crippen molar-refractivity contribution < 1.29 is 14.3 Å². The Labute approximate surface area is 74.0 Å². The van der Waals surface area contributed by atoms with Gasteiger partial charge in [0.15, 0.2) is 6.79 Å². The lowest BCUT2D eigenvalue weighted by atomic mass is 10.3. The number of hydrogen-bond acceptors (Lipinski definition) is 3. The van der Waals surface area contributed by atoms with Gasteiger partial charge in [-0.05, 0) is 19.8 Å². The van der Waals surface area contributed by atoms with E-state index in [2.05, 4.69) is 0 Å². The van der Waals surface area contributed by atoms with Gasteiger partial charge in [0, 0.05) is 6.42 Å². The first-order valence-electron chi connectivity index (χ1n) is 4.47. The summed E-state index contributed by atoms with van der Waals surface area (Å²) in [6.45, 7) is 6.01. The maximum absolute atomic E-state index is 10.8. The van der Waals surface area contributed by atoms with Gasteiger partial charge in [-0.15, -0.1) is 0 Å². The highest BCUT2D eigenvalue weighted by Crippen LogP contribution is 1.97. The number of ether oxygens (including phenoxy) is 2. The van der Waals surface area contributed by atoms with Crippen LogP contribution in [-0.4, -0.2) is 18.9 Å². The molecule has 72 valence electrons. The molecule has 0 rings (SSSR count). The van der Waals surface area contributed by atoms with E-state index >= 15 is 0 Å². The van der Waals surface area contributed by atoms with Crippen LogP contribution in [0.1, 0.15) is 40.0 Å². The molecule has 0 amide bonds. The highest BCUT2D eigenvalue weighted by molar-refractivity contribution is 5.69. The number of esters is 1. The SMILES string of the molecule is CCCC(=O)OCOC(C)CC. The Morgan fingerprint density at radius 3 is 2.58 bits per heavy atom. The average molecular weight is 174 g/mol. The molecule has 3 nitrogen and oxygen atoms in total. The zero-order chi connectivity index (χ0) is 9.40. The van der Waals surface area contributed by atoms with E-state index in [4.69, 9.17) is 9.47 Å². The minimum atomic E-state index is -0.180. The summed E-state index contributed by atoms with van der Waals surface area (Å²) in [5, 5.41) is 0. The second-order valence-electron chi connectivity index (χ2n) is 2.77. The topological polar surface area (TPSA) is 35.5 Å². The molecule has 12 heavy (non-hydrogen) atoms. The third-order valence-electron chi connectivity index (χ3n) is 1.60. The zero-order valence-corrected chi connectivity index (χ0v) is 8.13. The van der Waals surface area contributed by atoms with Crippen molar-refractivity contribution in [3.8, 4) is 0 Å². The lowest BCUT2D eigenvalue weighted by Crippen LogP contribution is -2.13. The van der Waals surface area contributed by atoms with E-state index in [0.717, 1.165) is 12.8 Å². The van der Waals surface area contributed by atoms with Crippen LogP contribution < -0.4 is 0 Å². The van der Waals surface area contributed by atoms with Crippen LogP contribution >= 0.6 is 0 Å². The molecule has 0 spiro atoms. The fourth-order valence-corrected chi connectivity index (χ4v) is 0.610. The molecule has 0 aromatic heterocycles. The molecule has 0 aliphatic carbocycles. The molecular formula is C9H18O3. The number of rotatable bonds is 6. The van der Waals surface area contributed by atoms with Crippen LogP contribution in [0.25, 0.3) is 0 Å². The summed E-state index contributed by atoms with van der Waals surface area (Å²) in [5.41, 5.74) is 0. The first kappa shape index (κ1) is 11.4. The summed E-state index contributed by atoms with van der Waals surface area (Å²) in [7, 11) is 0. The van der Waals surface area contributed by atoms with E-state index in [9.17, 15) is 4.79 Å². The lowest BCUT2D eigenvalue weighted by molar-refractivity contribution is -0.160. The van der Waals surface area contributed by atoms with Gasteiger partial charge in [-0.3, -0.25) is 4.79 Å². The van der Waals surface area contributed by atoms with Gasteiger partial charge in [0.25, 0.3) is 0 Å². The first-order valence-corrected chi connectivity index (χ1v) is 4.47. The van der Waals surface area contributed by atoms with E-state index in [0.29, 0.717) is 6.42 Å². The van der Waals surface area contributed by atoms with Crippen LogP contribution in [-0.2, 0) is 14.3 Å². The molecule has 0 N–H and O–H groups in total. The summed E-state index contributed by atoms with van der Waals surface area (Å²) >= 11 is 0. The minimum Gasteiger partial charge on any atom is -0.438 e. The zero-order valence-electron chi connectivity index (χ0n) is 8.13.